The monoisotopic (exact) mass is 572 g/mol. The number of carboxylic acid groups (broad SMARTS) is 1. The molecule has 5 N–H and O–H groups in total. The van der Waals surface area contributed by atoms with Gasteiger partial charge in [-0.1, -0.05) is 59.3 Å². The lowest BCUT2D eigenvalue weighted by atomic mass is 9.85. The van der Waals surface area contributed by atoms with Gasteiger partial charge in [0.1, 0.15) is 17.8 Å². The molecule has 1 saturated heterocycles. The number of hydrogen-bond acceptors (Lipinski definition) is 7. The van der Waals surface area contributed by atoms with Crippen LogP contribution in [-0.2, 0) is 14.4 Å². The highest BCUT2D eigenvalue weighted by atomic mass is 16.4. The zero-order chi connectivity index (χ0) is 30.4. The summed E-state index contributed by atoms with van der Waals surface area (Å²) in [6.45, 7) is 7.21. The first-order valence-corrected chi connectivity index (χ1v) is 14.1. The van der Waals surface area contributed by atoms with Crippen LogP contribution < -0.4 is 10.6 Å². The fraction of sp³-hybridized carbons (Fsp3) is 0.586. The Morgan fingerprint density at radius 2 is 1.68 bits per heavy atom. The number of aryl methyl sites for hydroxylation is 1. The van der Waals surface area contributed by atoms with Crippen LogP contribution in [0.1, 0.15) is 88.3 Å². The number of hydrogen-bond donors (Lipinski definition) is 5. The highest BCUT2D eigenvalue weighted by molar-refractivity contribution is 5.96. The summed E-state index contributed by atoms with van der Waals surface area (Å²) in [7, 11) is 0. The van der Waals surface area contributed by atoms with Crippen LogP contribution in [0.5, 0.6) is 5.88 Å². The van der Waals surface area contributed by atoms with Crippen molar-refractivity contribution in [1.29, 1.82) is 0 Å². The zero-order valence-corrected chi connectivity index (χ0v) is 24.5. The van der Waals surface area contributed by atoms with Crippen molar-refractivity contribution in [1.82, 2.24) is 30.5 Å². The van der Waals surface area contributed by atoms with Gasteiger partial charge >= 0.3 is 5.97 Å². The van der Waals surface area contributed by atoms with Crippen LogP contribution in [0.25, 0.3) is 0 Å². The molecule has 3 heterocycles. The lowest BCUT2D eigenvalue weighted by molar-refractivity contribution is -0.150. The molecule has 4 rings (SSSR count). The van der Waals surface area contributed by atoms with Crippen molar-refractivity contribution in [2.75, 3.05) is 13.1 Å². The molecule has 1 aliphatic heterocycles. The average Bonchev–Trinajstić information content (AvgIpc) is 3.60. The maximum Gasteiger partial charge on any atom is 0.326 e. The van der Waals surface area contributed by atoms with Crippen molar-refractivity contribution < 1.29 is 29.4 Å². The van der Waals surface area contributed by atoms with Crippen molar-refractivity contribution in [2.24, 2.45) is 5.41 Å². The molecule has 2 atom stereocenters. The summed E-state index contributed by atoms with van der Waals surface area (Å²) in [5.74, 6) is -2.38. The lowest BCUT2D eigenvalue weighted by Gasteiger charge is -2.34. The van der Waals surface area contributed by atoms with E-state index < -0.39 is 41.2 Å². The Kier molecular flexibility index (Phi) is 13.2. The third kappa shape index (κ3) is 11.6. The van der Waals surface area contributed by atoms with E-state index in [-0.39, 0.29) is 18.1 Å². The van der Waals surface area contributed by atoms with Crippen LogP contribution in [0.15, 0.2) is 30.7 Å². The fourth-order valence-electron chi connectivity index (χ4n) is 4.53. The second-order valence-corrected chi connectivity index (χ2v) is 11.3. The van der Waals surface area contributed by atoms with Crippen molar-refractivity contribution in [2.45, 2.75) is 91.1 Å². The minimum atomic E-state index is -1.05. The summed E-state index contributed by atoms with van der Waals surface area (Å²) in [6.07, 6.45) is 14.0. The van der Waals surface area contributed by atoms with E-state index in [4.69, 9.17) is 5.11 Å². The Bertz CT molecular complexity index is 1100. The van der Waals surface area contributed by atoms with E-state index in [1.807, 2.05) is 13.0 Å². The van der Waals surface area contributed by atoms with Gasteiger partial charge in [0.2, 0.25) is 11.8 Å². The van der Waals surface area contributed by atoms with Gasteiger partial charge in [-0.3, -0.25) is 19.4 Å². The quantitative estimate of drug-likeness (QED) is 0.350. The SMILES string of the molecule is C1CCCCC1.CC(C)(C)C(NC(=O)CNC(=O)c1cnccn1)C(=O)N1CCCC1C(=O)O.Cc1ccc(O)[nH]1. The Balaban J connectivity index is 0.000000365. The van der Waals surface area contributed by atoms with Crippen LogP contribution >= 0.6 is 0 Å². The van der Waals surface area contributed by atoms with Crippen LogP contribution in [0.2, 0.25) is 0 Å². The Morgan fingerprint density at radius 1 is 1.05 bits per heavy atom. The van der Waals surface area contributed by atoms with Crippen LogP contribution in [0.3, 0.4) is 0 Å². The van der Waals surface area contributed by atoms with Crippen LogP contribution in [0.4, 0.5) is 0 Å². The molecule has 2 aromatic rings. The Morgan fingerprint density at radius 3 is 2.12 bits per heavy atom. The van der Waals surface area contributed by atoms with E-state index in [1.165, 1.54) is 62.0 Å². The average molecular weight is 573 g/mol. The van der Waals surface area contributed by atoms with E-state index in [9.17, 15) is 24.3 Å². The zero-order valence-electron chi connectivity index (χ0n) is 24.5. The van der Waals surface area contributed by atoms with Gasteiger partial charge < -0.3 is 30.7 Å². The van der Waals surface area contributed by atoms with E-state index in [0.29, 0.717) is 19.4 Å². The van der Waals surface area contributed by atoms with Gasteiger partial charge in [-0.25, -0.2) is 9.78 Å². The van der Waals surface area contributed by atoms with Gasteiger partial charge in [-0.2, -0.15) is 0 Å². The largest absolute Gasteiger partial charge is 0.495 e. The summed E-state index contributed by atoms with van der Waals surface area (Å²) < 4.78 is 0. The summed E-state index contributed by atoms with van der Waals surface area (Å²) in [4.78, 5) is 60.2. The van der Waals surface area contributed by atoms with Crippen LogP contribution in [0, 0.1) is 12.3 Å². The number of aliphatic carboxylic acids is 1. The molecule has 2 aliphatic rings. The number of carbonyl (C=O) groups excluding carboxylic acids is 3. The highest BCUT2D eigenvalue weighted by Gasteiger charge is 2.41. The summed E-state index contributed by atoms with van der Waals surface area (Å²) in [5, 5.41) is 23.0. The smallest absolute Gasteiger partial charge is 0.326 e. The number of aromatic nitrogens is 3. The number of aromatic amines is 1. The number of rotatable bonds is 6. The van der Waals surface area contributed by atoms with Crippen molar-refractivity contribution in [3.8, 4) is 5.88 Å². The number of H-pyrrole nitrogens is 1. The Hall–Kier alpha value is -3.96. The molecule has 12 heteroatoms. The molecule has 1 aliphatic carbocycles. The maximum absolute atomic E-state index is 12.9. The molecular formula is C29H44N6O6. The molecule has 0 radical (unpaired) electrons. The molecule has 0 bridgehead atoms. The molecule has 2 unspecified atom stereocenters. The van der Waals surface area contributed by atoms with Gasteiger partial charge in [-0.15, -0.1) is 0 Å². The molecule has 0 aromatic carbocycles. The standard InChI is InChI=1S/C18H25N5O5.C6H12.C5H7NO/c1-18(2,3)14(16(26)23-8-4-5-12(23)17(27)28)22-13(24)10-21-15(25)11-9-19-6-7-20-11;1-2-4-6-5-3-1;1-4-2-3-5(7)6-4/h6-7,9,12,14H,4-5,8,10H2,1-3H3,(H,21,25)(H,22,24)(H,27,28);1-6H2;2-3,6-7H,1H3. The molecule has 226 valence electrons. The minimum Gasteiger partial charge on any atom is -0.495 e. The number of amides is 3. The third-order valence-corrected chi connectivity index (χ3v) is 6.76. The van der Waals surface area contributed by atoms with Gasteiger partial charge in [0.05, 0.1) is 12.7 Å². The molecule has 41 heavy (non-hydrogen) atoms. The molecule has 0 spiro atoms. The van der Waals surface area contributed by atoms with E-state index in [0.717, 1.165) is 5.69 Å². The second-order valence-electron chi connectivity index (χ2n) is 11.3. The summed E-state index contributed by atoms with van der Waals surface area (Å²) >= 11 is 0. The number of likely N-dealkylation sites (tertiary alicyclic amines) is 1. The number of carboxylic acids is 1. The van der Waals surface area contributed by atoms with E-state index in [2.05, 4.69) is 25.6 Å². The normalized spacial score (nSPS) is 17.2. The summed E-state index contributed by atoms with van der Waals surface area (Å²) in [6, 6.07) is 1.63. The second kappa shape index (κ2) is 16.3. The molecule has 2 aromatic heterocycles. The molecule has 1 saturated carbocycles. The number of carbonyl (C=O) groups is 4. The highest BCUT2D eigenvalue weighted by Crippen LogP contribution is 2.25. The topological polar surface area (TPSA) is 178 Å². The Labute approximate surface area is 241 Å². The van der Waals surface area contributed by atoms with Gasteiger partial charge in [0, 0.05) is 24.6 Å². The first-order chi connectivity index (χ1) is 19.4. The minimum absolute atomic E-state index is 0.0696. The first kappa shape index (κ1) is 33.2. The number of nitrogens with one attached hydrogen (secondary N) is 3. The molecule has 3 amide bonds. The third-order valence-electron chi connectivity index (χ3n) is 6.76. The summed E-state index contributed by atoms with van der Waals surface area (Å²) in [5.41, 5.74) is 0.408. The molecular weight excluding hydrogens is 528 g/mol. The lowest BCUT2D eigenvalue weighted by Crippen LogP contribution is -2.57. The van der Waals surface area contributed by atoms with Gasteiger partial charge in [0.15, 0.2) is 5.88 Å². The number of nitrogens with zero attached hydrogens (tertiary/aromatic N) is 3. The molecule has 2 fully saturated rings. The van der Waals surface area contributed by atoms with Crippen LogP contribution in [-0.4, -0.2) is 78.9 Å². The van der Waals surface area contributed by atoms with Gasteiger partial charge in [-0.05, 0) is 37.3 Å². The van der Waals surface area contributed by atoms with Gasteiger partial charge in [0.25, 0.3) is 5.91 Å². The van der Waals surface area contributed by atoms with E-state index >= 15 is 0 Å². The molecule has 12 nitrogen and oxygen atoms in total. The van der Waals surface area contributed by atoms with E-state index in [1.54, 1.807) is 26.8 Å². The first-order valence-electron chi connectivity index (χ1n) is 14.1. The predicted octanol–water partition coefficient (Wildman–Crippen LogP) is 3.18. The number of aromatic hydroxyl groups is 1. The van der Waals surface area contributed by atoms with Crippen molar-refractivity contribution in [3.63, 3.8) is 0 Å². The van der Waals surface area contributed by atoms with Crippen molar-refractivity contribution >= 4 is 23.7 Å². The maximum atomic E-state index is 12.9. The predicted molar refractivity (Wildman–Crippen MR) is 153 cm³/mol. The van der Waals surface area contributed by atoms with Crippen molar-refractivity contribution in [3.05, 3.63) is 42.1 Å². The fourth-order valence-corrected chi connectivity index (χ4v) is 4.53.